The summed E-state index contributed by atoms with van der Waals surface area (Å²) in [5.74, 6) is -0.837. The maximum Gasteiger partial charge on any atom is 0.358 e. The first kappa shape index (κ1) is 14.9. The topological polar surface area (TPSA) is 86.1 Å². The molecule has 2 aliphatic rings. The van der Waals surface area contributed by atoms with E-state index in [4.69, 9.17) is 4.74 Å². The highest BCUT2D eigenvalue weighted by atomic mass is 16.5. The molecule has 2 N–H and O–H groups in total. The van der Waals surface area contributed by atoms with E-state index in [9.17, 15) is 15.0 Å². The Morgan fingerprint density at radius 1 is 1.09 bits per heavy atom. The minimum absolute atomic E-state index is 0.230. The lowest BCUT2D eigenvalue weighted by molar-refractivity contribution is 0.0687. The number of carbonyl (C=O) groups is 1. The number of aromatic nitrogens is 1. The molecule has 2 saturated heterocycles. The molecule has 1 aromatic heterocycles. The molecule has 120 valence electrons. The molecule has 22 heavy (non-hydrogen) atoms. The van der Waals surface area contributed by atoms with Crippen molar-refractivity contribution in [3.63, 3.8) is 0 Å². The lowest BCUT2D eigenvalue weighted by atomic mass is 10.1. The van der Waals surface area contributed by atoms with Gasteiger partial charge in [-0.05, 0) is 19.3 Å². The second-order valence-corrected chi connectivity index (χ2v) is 5.65. The number of nitrogens with zero attached hydrogens (tertiary/aromatic N) is 3. The third-order valence-electron chi connectivity index (χ3n) is 4.19. The number of carboxylic acid groups (broad SMARTS) is 1. The van der Waals surface area contributed by atoms with Gasteiger partial charge in [-0.1, -0.05) is 0 Å². The first-order chi connectivity index (χ1) is 10.7. The summed E-state index contributed by atoms with van der Waals surface area (Å²) < 4.78 is 5.32. The van der Waals surface area contributed by atoms with Gasteiger partial charge in [0, 0.05) is 32.2 Å². The van der Waals surface area contributed by atoms with Crippen LogP contribution in [0.2, 0.25) is 0 Å². The van der Waals surface area contributed by atoms with Crippen LogP contribution >= 0.6 is 0 Å². The van der Waals surface area contributed by atoms with Crippen molar-refractivity contribution in [2.75, 3.05) is 49.2 Å². The Morgan fingerprint density at radius 3 is 2.41 bits per heavy atom. The predicted octanol–water partition coefficient (Wildman–Crippen LogP) is 1.31. The van der Waals surface area contributed by atoms with Crippen molar-refractivity contribution in [1.29, 1.82) is 0 Å². The van der Waals surface area contributed by atoms with Crippen LogP contribution in [0.5, 0.6) is 5.75 Å². The predicted molar refractivity (Wildman–Crippen MR) is 82.0 cm³/mol. The van der Waals surface area contributed by atoms with E-state index >= 15 is 0 Å². The summed E-state index contributed by atoms with van der Waals surface area (Å²) in [6.45, 7) is 4.22. The lowest BCUT2D eigenvalue weighted by Gasteiger charge is -2.32. The van der Waals surface area contributed by atoms with Gasteiger partial charge in [0.1, 0.15) is 5.82 Å². The first-order valence-electron chi connectivity index (χ1n) is 7.72. The van der Waals surface area contributed by atoms with Gasteiger partial charge >= 0.3 is 5.97 Å². The van der Waals surface area contributed by atoms with E-state index in [1.807, 2.05) is 4.90 Å². The molecule has 0 atom stereocenters. The van der Waals surface area contributed by atoms with E-state index in [2.05, 4.69) is 9.88 Å². The Kier molecular flexibility index (Phi) is 4.33. The molecule has 0 bridgehead atoms. The molecule has 7 heteroatoms. The summed E-state index contributed by atoms with van der Waals surface area (Å²) in [4.78, 5) is 19.6. The Labute approximate surface area is 129 Å². The molecule has 0 aliphatic carbocycles. The Hall–Kier alpha value is -2.02. The zero-order valence-electron chi connectivity index (χ0n) is 12.5. The van der Waals surface area contributed by atoms with Crippen molar-refractivity contribution in [1.82, 2.24) is 4.98 Å². The van der Waals surface area contributed by atoms with Crippen LogP contribution < -0.4 is 9.80 Å². The summed E-state index contributed by atoms with van der Waals surface area (Å²) in [6.07, 6.45) is 3.28. The monoisotopic (exact) mass is 307 g/mol. The van der Waals surface area contributed by atoms with Gasteiger partial charge in [0.2, 0.25) is 0 Å². The van der Waals surface area contributed by atoms with Crippen LogP contribution in [0.15, 0.2) is 6.07 Å². The van der Waals surface area contributed by atoms with Crippen LogP contribution in [0.1, 0.15) is 29.8 Å². The fraction of sp³-hybridized carbons (Fsp3) is 0.600. The molecule has 0 spiro atoms. The zero-order chi connectivity index (χ0) is 15.5. The first-order valence-corrected chi connectivity index (χ1v) is 7.72. The van der Waals surface area contributed by atoms with Crippen molar-refractivity contribution in [3.05, 3.63) is 11.8 Å². The molecular formula is C15H21N3O4. The number of aromatic hydroxyl groups is 1. The second-order valence-electron chi connectivity index (χ2n) is 5.65. The number of rotatable bonds is 3. The lowest BCUT2D eigenvalue weighted by Crippen LogP contribution is -2.37. The maximum absolute atomic E-state index is 11.4. The number of hydrogen-bond donors (Lipinski definition) is 2. The molecule has 0 unspecified atom stereocenters. The third-order valence-corrected chi connectivity index (χ3v) is 4.19. The average Bonchev–Trinajstić information content (AvgIpc) is 2.56. The van der Waals surface area contributed by atoms with E-state index < -0.39 is 5.97 Å². The number of morpholine rings is 1. The highest BCUT2D eigenvalue weighted by Crippen LogP contribution is 2.35. The maximum atomic E-state index is 11.4. The summed E-state index contributed by atoms with van der Waals surface area (Å²) in [5.41, 5.74) is 0.304. The van der Waals surface area contributed by atoms with Gasteiger partial charge in [-0.15, -0.1) is 0 Å². The molecule has 7 nitrogen and oxygen atoms in total. The average molecular weight is 307 g/mol. The van der Waals surface area contributed by atoms with E-state index in [1.54, 1.807) is 6.07 Å². The van der Waals surface area contributed by atoms with Crippen molar-refractivity contribution < 1.29 is 19.7 Å². The second kappa shape index (κ2) is 6.39. The number of aromatic carboxylic acids is 1. The third kappa shape index (κ3) is 2.94. The van der Waals surface area contributed by atoms with Crippen molar-refractivity contribution >= 4 is 17.5 Å². The number of hydrogen-bond acceptors (Lipinski definition) is 6. The molecule has 0 saturated carbocycles. The normalized spacial score (nSPS) is 19.3. The van der Waals surface area contributed by atoms with Crippen LogP contribution in [-0.2, 0) is 4.74 Å². The standard InChI is InChI=1S/C15H21N3O4/c19-14-11(17-4-2-1-3-5-17)10-12(16-13(14)15(20)21)18-6-8-22-9-7-18/h10,19H,1-9H2,(H,20,21). The summed E-state index contributed by atoms with van der Waals surface area (Å²) in [5, 5.41) is 19.6. The van der Waals surface area contributed by atoms with Gasteiger partial charge in [0.25, 0.3) is 0 Å². The number of anilines is 2. The fourth-order valence-electron chi connectivity index (χ4n) is 2.99. The van der Waals surface area contributed by atoms with Crippen LogP contribution in [0.4, 0.5) is 11.5 Å². The van der Waals surface area contributed by atoms with E-state index in [0.717, 1.165) is 25.9 Å². The molecule has 3 heterocycles. The SMILES string of the molecule is O=C(O)c1nc(N2CCOCC2)cc(N2CCCCC2)c1O. The molecule has 3 rings (SSSR count). The molecular weight excluding hydrogens is 286 g/mol. The van der Waals surface area contributed by atoms with Crippen molar-refractivity contribution in [2.45, 2.75) is 19.3 Å². The number of ether oxygens (including phenoxy) is 1. The van der Waals surface area contributed by atoms with Gasteiger partial charge in [-0.25, -0.2) is 9.78 Å². The summed E-state index contributed by atoms with van der Waals surface area (Å²) >= 11 is 0. The molecule has 2 aliphatic heterocycles. The summed E-state index contributed by atoms with van der Waals surface area (Å²) in [6, 6.07) is 1.80. The molecule has 0 amide bonds. The van der Waals surface area contributed by atoms with Gasteiger partial charge in [-0.2, -0.15) is 0 Å². The minimum Gasteiger partial charge on any atom is -0.504 e. The number of piperidine rings is 1. The highest BCUT2D eigenvalue weighted by molar-refractivity contribution is 5.92. The van der Waals surface area contributed by atoms with E-state index in [1.165, 1.54) is 6.42 Å². The Morgan fingerprint density at radius 2 is 1.77 bits per heavy atom. The number of pyridine rings is 1. The van der Waals surface area contributed by atoms with Crippen LogP contribution in [0, 0.1) is 0 Å². The molecule has 1 aromatic rings. The van der Waals surface area contributed by atoms with Crippen LogP contribution in [0.3, 0.4) is 0 Å². The van der Waals surface area contributed by atoms with Crippen LogP contribution in [-0.4, -0.2) is 60.6 Å². The van der Waals surface area contributed by atoms with Gasteiger partial charge in [0.05, 0.1) is 18.9 Å². The van der Waals surface area contributed by atoms with Crippen molar-refractivity contribution in [2.24, 2.45) is 0 Å². The number of carboxylic acids is 1. The van der Waals surface area contributed by atoms with Gasteiger partial charge in [-0.3, -0.25) is 0 Å². The molecule has 0 radical (unpaired) electrons. The summed E-state index contributed by atoms with van der Waals surface area (Å²) in [7, 11) is 0. The van der Waals surface area contributed by atoms with Crippen LogP contribution in [0.25, 0.3) is 0 Å². The van der Waals surface area contributed by atoms with Gasteiger partial charge in [0.15, 0.2) is 11.4 Å². The van der Waals surface area contributed by atoms with Gasteiger partial charge < -0.3 is 24.7 Å². The quantitative estimate of drug-likeness (QED) is 0.870. The van der Waals surface area contributed by atoms with E-state index in [0.29, 0.717) is 37.8 Å². The smallest absolute Gasteiger partial charge is 0.358 e. The largest absolute Gasteiger partial charge is 0.504 e. The van der Waals surface area contributed by atoms with Crippen molar-refractivity contribution in [3.8, 4) is 5.75 Å². The highest BCUT2D eigenvalue weighted by Gasteiger charge is 2.24. The Bertz CT molecular complexity index is 552. The molecule has 0 aromatic carbocycles. The van der Waals surface area contributed by atoms with E-state index in [-0.39, 0.29) is 11.4 Å². The molecule has 2 fully saturated rings. The minimum atomic E-state index is -1.20. The fourth-order valence-corrected chi connectivity index (χ4v) is 2.99. The Balaban J connectivity index is 1.99. The zero-order valence-corrected chi connectivity index (χ0v) is 12.5.